The molecular formula is C22H16Cl10O4. The van der Waals surface area contributed by atoms with Gasteiger partial charge < -0.3 is 9.47 Å². The molecule has 0 aliphatic carbocycles. The average molecular weight is 699 g/mol. The Morgan fingerprint density at radius 3 is 0.889 bits per heavy atom. The Morgan fingerprint density at radius 1 is 0.389 bits per heavy atom. The standard InChI is InChI=1S/C22H16Cl10O4/c23-11-13(25)17(29)21(18(30)14(11)26)35-9(33)7-5-3-1-2-4-6-8-10(34)36-22-19(31)15(27)12(24)16(28)20(22)32/h1-8H2. The Hall–Kier alpha value is 0.280. The molecule has 0 fully saturated rings. The number of hydrogen-bond acceptors (Lipinski definition) is 4. The van der Waals surface area contributed by atoms with Gasteiger partial charge in [-0.15, -0.1) is 0 Å². The highest BCUT2D eigenvalue weighted by atomic mass is 35.5. The number of benzene rings is 2. The maximum atomic E-state index is 12.1. The summed E-state index contributed by atoms with van der Waals surface area (Å²) in [5.74, 6) is -1.31. The smallest absolute Gasteiger partial charge is 0.311 e. The first-order chi connectivity index (χ1) is 16.9. The van der Waals surface area contributed by atoms with Crippen LogP contribution in [0.3, 0.4) is 0 Å². The fourth-order valence-corrected chi connectivity index (χ4v) is 5.32. The van der Waals surface area contributed by atoms with Crippen molar-refractivity contribution in [1.82, 2.24) is 0 Å². The summed E-state index contributed by atoms with van der Waals surface area (Å²) in [5.41, 5.74) is 0. The minimum atomic E-state index is -0.532. The van der Waals surface area contributed by atoms with E-state index >= 15 is 0 Å². The maximum Gasteiger partial charge on any atom is 0.311 e. The number of ether oxygens (including phenoxy) is 2. The molecule has 36 heavy (non-hydrogen) atoms. The van der Waals surface area contributed by atoms with E-state index in [1.165, 1.54) is 0 Å². The lowest BCUT2D eigenvalue weighted by Gasteiger charge is -2.12. The number of rotatable bonds is 11. The van der Waals surface area contributed by atoms with Gasteiger partial charge in [0.1, 0.15) is 20.1 Å². The molecular weight excluding hydrogens is 683 g/mol. The molecule has 0 radical (unpaired) electrons. The van der Waals surface area contributed by atoms with E-state index in [1.807, 2.05) is 0 Å². The molecule has 0 spiro atoms. The molecule has 0 unspecified atom stereocenters. The normalized spacial score (nSPS) is 11.1. The van der Waals surface area contributed by atoms with Gasteiger partial charge in [-0.25, -0.2) is 0 Å². The van der Waals surface area contributed by atoms with Gasteiger partial charge in [0.05, 0.1) is 30.1 Å². The van der Waals surface area contributed by atoms with Crippen LogP contribution in [-0.2, 0) is 9.59 Å². The summed E-state index contributed by atoms with van der Waals surface area (Å²) in [6.07, 6.45) is 4.70. The highest BCUT2D eigenvalue weighted by molar-refractivity contribution is 6.56. The molecule has 14 heteroatoms. The second-order valence-corrected chi connectivity index (χ2v) is 11.1. The van der Waals surface area contributed by atoms with Crippen molar-refractivity contribution in [3.63, 3.8) is 0 Å². The summed E-state index contributed by atoms with van der Waals surface area (Å²) in [6.45, 7) is 0. The van der Waals surface area contributed by atoms with Gasteiger partial charge in [-0.3, -0.25) is 9.59 Å². The molecule has 198 valence electrons. The first kappa shape index (κ1) is 32.5. The molecule has 0 saturated heterocycles. The van der Waals surface area contributed by atoms with Crippen molar-refractivity contribution in [1.29, 1.82) is 0 Å². The Labute approximate surface area is 258 Å². The van der Waals surface area contributed by atoms with Gasteiger partial charge in [-0.05, 0) is 12.8 Å². The molecule has 0 N–H and O–H groups in total. The first-order valence-corrected chi connectivity index (χ1v) is 14.1. The number of esters is 2. The van der Waals surface area contributed by atoms with Crippen LogP contribution in [0, 0.1) is 0 Å². The molecule has 0 aliphatic heterocycles. The number of carbonyl (C=O) groups excluding carboxylic acids is 2. The van der Waals surface area contributed by atoms with Gasteiger partial charge in [0, 0.05) is 12.8 Å². The third-order valence-corrected chi connectivity index (χ3v) is 9.27. The first-order valence-electron chi connectivity index (χ1n) is 10.3. The van der Waals surface area contributed by atoms with Crippen LogP contribution < -0.4 is 9.47 Å². The molecule has 0 atom stereocenters. The topological polar surface area (TPSA) is 52.6 Å². The number of unbranched alkanes of at least 4 members (excludes halogenated alkanes) is 5. The summed E-state index contributed by atoms with van der Waals surface area (Å²) >= 11 is 59.9. The quantitative estimate of drug-likeness (QED) is 0.0771. The van der Waals surface area contributed by atoms with Gasteiger partial charge >= 0.3 is 11.9 Å². The predicted molar refractivity (Wildman–Crippen MR) is 151 cm³/mol. The molecule has 0 saturated carbocycles. The summed E-state index contributed by atoms with van der Waals surface area (Å²) in [6, 6.07) is 0. The molecule has 0 aromatic heterocycles. The summed E-state index contributed by atoms with van der Waals surface area (Å²) in [5, 5.41) is -0.593. The Bertz CT molecular complexity index is 1010. The van der Waals surface area contributed by atoms with E-state index in [1.54, 1.807) is 0 Å². The zero-order chi connectivity index (χ0) is 27.2. The number of halogens is 10. The lowest BCUT2D eigenvalue weighted by atomic mass is 10.1. The lowest BCUT2D eigenvalue weighted by Crippen LogP contribution is -2.09. The molecule has 0 aliphatic rings. The van der Waals surface area contributed by atoms with Gasteiger partial charge in [0.25, 0.3) is 0 Å². The summed E-state index contributed by atoms with van der Waals surface area (Å²) < 4.78 is 10.5. The highest BCUT2D eigenvalue weighted by Crippen LogP contribution is 2.49. The van der Waals surface area contributed by atoms with Crippen LogP contribution in [0.25, 0.3) is 0 Å². The van der Waals surface area contributed by atoms with Crippen molar-refractivity contribution >= 4 is 128 Å². The van der Waals surface area contributed by atoms with Gasteiger partial charge in [0.15, 0.2) is 11.5 Å². The van der Waals surface area contributed by atoms with Crippen LogP contribution in [0.4, 0.5) is 0 Å². The molecule has 2 aromatic carbocycles. The van der Waals surface area contributed by atoms with E-state index in [2.05, 4.69) is 0 Å². The maximum absolute atomic E-state index is 12.1. The van der Waals surface area contributed by atoms with E-state index in [0.717, 1.165) is 25.7 Å². The van der Waals surface area contributed by atoms with E-state index in [0.29, 0.717) is 12.8 Å². The Morgan fingerprint density at radius 2 is 0.611 bits per heavy atom. The van der Waals surface area contributed by atoms with Crippen molar-refractivity contribution in [2.45, 2.75) is 51.4 Å². The van der Waals surface area contributed by atoms with E-state index in [4.69, 9.17) is 125 Å². The molecule has 4 nitrogen and oxygen atoms in total. The van der Waals surface area contributed by atoms with Gasteiger partial charge in [-0.1, -0.05) is 142 Å². The van der Waals surface area contributed by atoms with E-state index in [9.17, 15) is 9.59 Å². The van der Waals surface area contributed by atoms with Crippen LogP contribution in [0.1, 0.15) is 51.4 Å². The SMILES string of the molecule is O=C(CCCCCCCCC(=O)Oc1c(Cl)c(Cl)c(Cl)c(Cl)c1Cl)Oc1c(Cl)c(Cl)c(Cl)c(Cl)c1Cl. The van der Waals surface area contributed by atoms with Crippen LogP contribution >= 0.6 is 116 Å². The van der Waals surface area contributed by atoms with E-state index in [-0.39, 0.29) is 74.6 Å². The van der Waals surface area contributed by atoms with Crippen molar-refractivity contribution in [3.8, 4) is 11.5 Å². The number of hydrogen-bond donors (Lipinski definition) is 0. The zero-order valence-electron chi connectivity index (χ0n) is 18.1. The minimum Gasteiger partial charge on any atom is -0.423 e. The van der Waals surface area contributed by atoms with Crippen LogP contribution in [0.15, 0.2) is 0 Å². The Balaban J connectivity index is 1.67. The van der Waals surface area contributed by atoms with Gasteiger partial charge in [0.2, 0.25) is 0 Å². The third kappa shape index (κ3) is 8.39. The molecule has 0 amide bonds. The monoisotopic (exact) mass is 694 g/mol. The van der Waals surface area contributed by atoms with Crippen molar-refractivity contribution < 1.29 is 19.1 Å². The van der Waals surface area contributed by atoms with Crippen molar-refractivity contribution in [2.24, 2.45) is 0 Å². The molecule has 0 bridgehead atoms. The van der Waals surface area contributed by atoms with E-state index < -0.39 is 11.9 Å². The minimum absolute atomic E-state index is 0.0206. The second-order valence-electron chi connectivity index (χ2n) is 7.37. The number of carbonyl (C=O) groups is 2. The fourth-order valence-electron chi connectivity index (χ4n) is 2.92. The second kappa shape index (κ2) is 15.2. The van der Waals surface area contributed by atoms with Gasteiger partial charge in [-0.2, -0.15) is 0 Å². The molecule has 2 aromatic rings. The average Bonchev–Trinajstić information content (AvgIpc) is 2.85. The van der Waals surface area contributed by atoms with Crippen LogP contribution in [0.5, 0.6) is 11.5 Å². The fraction of sp³-hybridized carbons (Fsp3) is 0.364. The van der Waals surface area contributed by atoms with Crippen LogP contribution in [0.2, 0.25) is 50.2 Å². The summed E-state index contributed by atoms with van der Waals surface area (Å²) in [7, 11) is 0. The zero-order valence-corrected chi connectivity index (χ0v) is 25.6. The molecule has 2 rings (SSSR count). The summed E-state index contributed by atoms with van der Waals surface area (Å²) in [4.78, 5) is 24.3. The highest BCUT2D eigenvalue weighted by Gasteiger charge is 2.23. The Kier molecular flexibility index (Phi) is 13.7. The largest absolute Gasteiger partial charge is 0.423 e. The van der Waals surface area contributed by atoms with Crippen molar-refractivity contribution in [2.75, 3.05) is 0 Å². The van der Waals surface area contributed by atoms with Crippen LogP contribution in [-0.4, -0.2) is 11.9 Å². The van der Waals surface area contributed by atoms with Crippen molar-refractivity contribution in [3.05, 3.63) is 50.2 Å². The molecule has 0 heterocycles. The predicted octanol–water partition coefficient (Wildman–Crippen LogP) is 11.9. The lowest BCUT2D eigenvalue weighted by molar-refractivity contribution is -0.135. The third-order valence-electron chi connectivity index (χ3n) is 4.78.